The smallest absolute Gasteiger partial charge is 0.232 e. The van der Waals surface area contributed by atoms with Crippen molar-refractivity contribution in [1.82, 2.24) is 15.3 Å². The molecule has 2 fully saturated rings. The second kappa shape index (κ2) is 10.8. The molecule has 0 bridgehead atoms. The Labute approximate surface area is 174 Å². The van der Waals surface area contributed by atoms with E-state index in [4.69, 9.17) is 26.9 Å². The lowest BCUT2D eigenvalue weighted by atomic mass is 10.0. The lowest BCUT2D eigenvalue weighted by Crippen LogP contribution is -2.39. The quantitative estimate of drug-likeness (QED) is 0.529. The van der Waals surface area contributed by atoms with E-state index in [1.165, 1.54) is 38.5 Å². The third kappa shape index (κ3) is 5.91. The minimum Gasteiger partial charge on any atom is -0.385 e. The molecule has 8 heteroatoms. The summed E-state index contributed by atoms with van der Waals surface area (Å²) in [6.45, 7) is 6.94. The van der Waals surface area contributed by atoms with E-state index >= 15 is 0 Å². The molecule has 156 valence electrons. The summed E-state index contributed by atoms with van der Waals surface area (Å²) >= 11 is 5.44. The van der Waals surface area contributed by atoms with Gasteiger partial charge in [-0.25, -0.2) is 0 Å². The average molecular weight is 407 g/mol. The first kappa shape index (κ1) is 21.0. The van der Waals surface area contributed by atoms with Crippen molar-refractivity contribution in [1.29, 1.82) is 0 Å². The normalized spacial score (nSPS) is 20.1. The number of piperidine rings is 2. The van der Waals surface area contributed by atoms with Gasteiger partial charge in [0.25, 0.3) is 0 Å². The second-order valence-corrected chi connectivity index (χ2v) is 8.13. The van der Waals surface area contributed by atoms with Gasteiger partial charge in [-0.15, -0.1) is 0 Å². The molecular weight excluding hydrogens is 372 g/mol. The van der Waals surface area contributed by atoms with Gasteiger partial charge < -0.3 is 25.2 Å². The lowest BCUT2D eigenvalue weighted by molar-refractivity contribution is 0.196. The molecule has 1 aromatic rings. The molecule has 0 aliphatic carbocycles. The first-order chi connectivity index (χ1) is 13.7. The molecular formula is C20H34N6OS. The van der Waals surface area contributed by atoms with E-state index < -0.39 is 0 Å². The Morgan fingerprint density at radius 1 is 1.14 bits per heavy atom. The first-order valence-electron chi connectivity index (χ1n) is 10.6. The summed E-state index contributed by atoms with van der Waals surface area (Å²) in [5, 5.41) is 6.96. The Morgan fingerprint density at radius 2 is 1.89 bits per heavy atom. The molecule has 1 aromatic heterocycles. The number of rotatable bonds is 7. The molecule has 1 unspecified atom stereocenters. The van der Waals surface area contributed by atoms with E-state index in [2.05, 4.69) is 33.4 Å². The zero-order chi connectivity index (χ0) is 19.8. The molecule has 2 aliphatic heterocycles. The lowest BCUT2D eigenvalue weighted by Gasteiger charge is -2.35. The van der Waals surface area contributed by atoms with Gasteiger partial charge in [0, 0.05) is 52.0 Å². The summed E-state index contributed by atoms with van der Waals surface area (Å²) < 4.78 is 5.08. The Balaban J connectivity index is 1.75. The van der Waals surface area contributed by atoms with Crippen molar-refractivity contribution in [2.24, 2.45) is 0 Å². The topological polar surface area (TPSA) is 65.6 Å². The molecule has 2 saturated heterocycles. The predicted molar refractivity (Wildman–Crippen MR) is 119 cm³/mol. The standard InChI is InChI=1S/C20H34N6OS/c1-16-9-4-7-13-26(16)18-15-17(25-11-5-3-6-12-25)22-19(23-18)24-20(28)21-10-8-14-27-2/h15-16H,3-14H2,1-2H3,(H2,21,22,23,24,28). The Morgan fingerprint density at radius 3 is 2.64 bits per heavy atom. The highest BCUT2D eigenvalue weighted by Crippen LogP contribution is 2.28. The van der Waals surface area contributed by atoms with Crippen molar-refractivity contribution in [3.63, 3.8) is 0 Å². The van der Waals surface area contributed by atoms with Crippen LogP contribution in [0.25, 0.3) is 0 Å². The van der Waals surface area contributed by atoms with Gasteiger partial charge >= 0.3 is 0 Å². The summed E-state index contributed by atoms with van der Waals surface area (Å²) in [6.07, 6.45) is 8.38. The van der Waals surface area contributed by atoms with Crippen molar-refractivity contribution in [3.05, 3.63) is 6.07 Å². The van der Waals surface area contributed by atoms with Gasteiger partial charge in [0.1, 0.15) is 11.6 Å². The van der Waals surface area contributed by atoms with Crippen LogP contribution >= 0.6 is 12.2 Å². The molecule has 3 rings (SSSR count). The van der Waals surface area contributed by atoms with Crippen LogP contribution in [0.5, 0.6) is 0 Å². The Bertz CT molecular complexity index is 637. The number of hydrogen-bond acceptors (Lipinski definition) is 6. The van der Waals surface area contributed by atoms with Crippen LogP contribution < -0.4 is 20.4 Å². The van der Waals surface area contributed by atoms with E-state index in [9.17, 15) is 0 Å². The molecule has 0 aromatic carbocycles. The van der Waals surface area contributed by atoms with Crippen LogP contribution in [0.2, 0.25) is 0 Å². The van der Waals surface area contributed by atoms with Gasteiger partial charge in [0.05, 0.1) is 0 Å². The molecule has 2 N–H and O–H groups in total. The first-order valence-corrected chi connectivity index (χ1v) is 11.0. The van der Waals surface area contributed by atoms with E-state index in [1.807, 2.05) is 0 Å². The molecule has 0 radical (unpaired) electrons. The fourth-order valence-corrected chi connectivity index (χ4v) is 4.11. The van der Waals surface area contributed by atoms with Crippen LogP contribution in [-0.4, -0.2) is 61.0 Å². The van der Waals surface area contributed by atoms with Crippen LogP contribution in [0.15, 0.2) is 6.07 Å². The second-order valence-electron chi connectivity index (χ2n) is 7.72. The Kier molecular flexibility index (Phi) is 8.09. The van der Waals surface area contributed by atoms with Gasteiger partial charge in [-0.3, -0.25) is 0 Å². The highest BCUT2D eigenvalue weighted by Gasteiger charge is 2.23. The van der Waals surface area contributed by atoms with E-state index in [0.717, 1.165) is 44.2 Å². The summed E-state index contributed by atoms with van der Waals surface area (Å²) in [7, 11) is 1.71. The largest absolute Gasteiger partial charge is 0.385 e. The fraction of sp³-hybridized carbons (Fsp3) is 0.750. The number of aromatic nitrogens is 2. The zero-order valence-electron chi connectivity index (χ0n) is 17.2. The number of hydrogen-bond donors (Lipinski definition) is 2. The molecule has 28 heavy (non-hydrogen) atoms. The maximum atomic E-state index is 5.44. The summed E-state index contributed by atoms with van der Waals surface area (Å²) in [6, 6.07) is 2.66. The summed E-state index contributed by atoms with van der Waals surface area (Å²) in [5.41, 5.74) is 0. The average Bonchev–Trinajstić information content (AvgIpc) is 2.72. The number of thiocarbonyl (C=S) groups is 1. The highest BCUT2D eigenvalue weighted by molar-refractivity contribution is 7.80. The third-order valence-electron chi connectivity index (χ3n) is 5.51. The minimum atomic E-state index is 0.504. The number of ether oxygens (including phenoxy) is 1. The number of anilines is 3. The van der Waals surface area contributed by atoms with Crippen molar-refractivity contribution >= 4 is 34.9 Å². The van der Waals surface area contributed by atoms with Crippen molar-refractivity contribution in [3.8, 4) is 0 Å². The third-order valence-corrected chi connectivity index (χ3v) is 5.76. The summed E-state index contributed by atoms with van der Waals surface area (Å²) in [5.74, 6) is 2.60. The van der Waals surface area contributed by atoms with Gasteiger partial charge in [-0.05, 0) is 64.1 Å². The van der Waals surface area contributed by atoms with Gasteiger partial charge in [-0.2, -0.15) is 9.97 Å². The molecule has 2 aliphatic rings. The van der Waals surface area contributed by atoms with Crippen LogP contribution in [0, 0.1) is 0 Å². The molecule has 7 nitrogen and oxygen atoms in total. The van der Waals surface area contributed by atoms with Crippen LogP contribution in [0.4, 0.5) is 17.6 Å². The maximum Gasteiger partial charge on any atom is 0.232 e. The van der Waals surface area contributed by atoms with Crippen molar-refractivity contribution in [2.75, 3.05) is 55.0 Å². The highest BCUT2D eigenvalue weighted by atomic mass is 32.1. The van der Waals surface area contributed by atoms with Crippen molar-refractivity contribution in [2.45, 2.75) is 57.9 Å². The van der Waals surface area contributed by atoms with Gasteiger partial charge in [0.2, 0.25) is 5.95 Å². The molecule has 1 atom stereocenters. The van der Waals surface area contributed by atoms with Crippen LogP contribution in [0.1, 0.15) is 51.9 Å². The molecule has 0 saturated carbocycles. The molecule has 3 heterocycles. The number of nitrogens with one attached hydrogen (secondary N) is 2. The summed E-state index contributed by atoms with van der Waals surface area (Å²) in [4.78, 5) is 14.4. The van der Waals surface area contributed by atoms with Gasteiger partial charge in [-0.1, -0.05) is 0 Å². The SMILES string of the molecule is COCCCNC(=S)Nc1nc(N2CCCCC2)cc(N2CCCCC2C)n1. The van der Waals surface area contributed by atoms with Gasteiger partial charge in [0.15, 0.2) is 5.11 Å². The molecule has 0 amide bonds. The van der Waals surface area contributed by atoms with Crippen LogP contribution in [-0.2, 0) is 4.74 Å². The molecule has 0 spiro atoms. The van der Waals surface area contributed by atoms with E-state index in [1.54, 1.807) is 7.11 Å². The van der Waals surface area contributed by atoms with E-state index in [-0.39, 0.29) is 0 Å². The minimum absolute atomic E-state index is 0.504. The fourth-order valence-electron chi connectivity index (χ4n) is 3.91. The van der Waals surface area contributed by atoms with E-state index in [0.29, 0.717) is 23.7 Å². The van der Waals surface area contributed by atoms with Crippen LogP contribution in [0.3, 0.4) is 0 Å². The predicted octanol–water partition coefficient (Wildman–Crippen LogP) is 3.17. The zero-order valence-corrected chi connectivity index (χ0v) is 18.1. The number of methoxy groups -OCH3 is 1. The maximum absolute atomic E-state index is 5.44. The Hall–Kier alpha value is -1.67. The monoisotopic (exact) mass is 406 g/mol. The van der Waals surface area contributed by atoms with Crippen molar-refractivity contribution < 1.29 is 4.74 Å². The number of nitrogens with zero attached hydrogens (tertiary/aromatic N) is 4.